The minimum absolute atomic E-state index is 0.0667. The van der Waals surface area contributed by atoms with E-state index < -0.39 is 0 Å². The number of hydrogen-bond donors (Lipinski definition) is 1. The van der Waals surface area contributed by atoms with Crippen LogP contribution in [-0.4, -0.2) is 16.7 Å². The van der Waals surface area contributed by atoms with Crippen molar-refractivity contribution < 1.29 is 5.11 Å². The molecule has 1 aromatic heterocycles. The third-order valence-corrected chi connectivity index (χ3v) is 2.30. The molecule has 1 rings (SSSR count). The molecular weight excluding hydrogens is 214 g/mol. The fourth-order valence-corrected chi connectivity index (χ4v) is 1.67. The smallest absolute Gasteiger partial charge is 0.116 e. The lowest BCUT2D eigenvalue weighted by atomic mass is 10.5. The van der Waals surface area contributed by atoms with Crippen LogP contribution in [0.3, 0.4) is 0 Å². The molecule has 0 spiro atoms. The van der Waals surface area contributed by atoms with Crippen molar-refractivity contribution in [3.05, 3.63) is 21.1 Å². The summed E-state index contributed by atoms with van der Waals surface area (Å²) in [7, 11) is 0. The summed E-state index contributed by atoms with van der Waals surface area (Å²) >= 11 is 4.82. The largest absolute Gasteiger partial charge is 0.392 e. The molecule has 0 aliphatic carbocycles. The monoisotopic (exact) mass is 219 g/mol. The summed E-state index contributed by atoms with van der Waals surface area (Å²) in [5.74, 6) is 0. The van der Waals surface area contributed by atoms with Crippen LogP contribution >= 0.6 is 27.3 Å². The van der Waals surface area contributed by atoms with Crippen LogP contribution in [0.4, 0.5) is 0 Å². The highest BCUT2D eigenvalue weighted by Gasteiger charge is 1.92. The van der Waals surface area contributed by atoms with Gasteiger partial charge in [-0.25, -0.2) is 4.98 Å². The molecule has 1 N–H and O–H groups in total. The Hall–Kier alpha value is -0.190. The third kappa shape index (κ3) is 2.21. The number of rotatable bonds is 2. The lowest BCUT2D eigenvalue weighted by Gasteiger charge is -1.78. The van der Waals surface area contributed by atoms with E-state index in [9.17, 15) is 0 Å². The van der Waals surface area contributed by atoms with Crippen molar-refractivity contribution >= 4 is 33.3 Å². The fourth-order valence-electron chi connectivity index (χ4n) is 0.498. The molecule has 2 nitrogen and oxygen atoms in total. The first-order valence-electron chi connectivity index (χ1n) is 2.71. The van der Waals surface area contributed by atoms with Crippen molar-refractivity contribution in [2.24, 2.45) is 0 Å². The van der Waals surface area contributed by atoms with Crippen LogP contribution < -0.4 is 0 Å². The second-order valence-electron chi connectivity index (χ2n) is 1.59. The van der Waals surface area contributed by atoms with Gasteiger partial charge in [0.2, 0.25) is 0 Å². The van der Waals surface area contributed by atoms with Gasteiger partial charge in [0.1, 0.15) is 5.01 Å². The number of aliphatic hydroxyl groups is 1. The fraction of sp³-hybridized carbons (Fsp3) is 0.167. The van der Waals surface area contributed by atoms with Crippen LogP contribution in [0.2, 0.25) is 0 Å². The minimum Gasteiger partial charge on any atom is -0.392 e. The van der Waals surface area contributed by atoms with Crippen molar-refractivity contribution in [3.63, 3.8) is 0 Å². The second-order valence-corrected chi connectivity index (χ2v) is 4.03. The van der Waals surface area contributed by atoms with Crippen molar-refractivity contribution in [1.29, 1.82) is 0 Å². The van der Waals surface area contributed by atoms with Crippen LogP contribution in [0.5, 0.6) is 0 Å². The van der Waals surface area contributed by atoms with Gasteiger partial charge in [0, 0.05) is 0 Å². The molecule has 10 heavy (non-hydrogen) atoms. The zero-order chi connectivity index (χ0) is 7.40. The van der Waals surface area contributed by atoms with E-state index in [1.807, 2.05) is 0 Å². The zero-order valence-electron chi connectivity index (χ0n) is 5.12. The maximum Gasteiger partial charge on any atom is 0.116 e. The lowest BCUT2D eigenvalue weighted by Crippen LogP contribution is -1.70. The summed E-state index contributed by atoms with van der Waals surface area (Å²) in [4.78, 5) is 4.03. The Bertz CT molecular complexity index is 233. The number of nitrogens with zero attached hydrogens (tertiary/aromatic N) is 1. The number of halogens is 1. The first-order valence-corrected chi connectivity index (χ1v) is 4.32. The predicted molar refractivity (Wildman–Crippen MR) is 45.9 cm³/mol. The summed E-state index contributed by atoms with van der Waals surface area (Å²) in [6.45, 7) is 0.0667. The number of aromatic nitrogens is 1. The van der Waals surface area contributed by atoms with E-state index in [4.69, 9.17) is 5.11 Å². The van der Waals surface area contributed by atoms with Gasteiger partial charge in [-0.1, -0.05) is 6.08 Å². The zero-order valence-corrected chi connectivity index (χ0v) is 7.52. The lowest BCUT2D eigenvalue weighted by molar-refractivity contribution is 0.343. The van der Waals surface area contributed by atoms with Crippen LogP contribution in [0, 0.1) is 0 Å². The van der Waals surface area contributed by atoms with E-state index >= 15 is 0 Å². The minimum atomic E-state index is 0.0667. The molecule has 0 radical (unpaired) electrons. The molecule has 0 unspecified atom stereocenters. The Balaban J connectivity index is 2.67. The molecule has 0 fully saturated rings. The van der Waals surface area contributed by atoms with E-state index in [0.29, 0.717) is 0 Å². The van der Waals surface area contributed by atoms with E-state index in [-0.39, 0.29) is 6.61 Å². The molecule has 0 aliphatic heterocycles. The van der Waals surface area contributed by atoms with Gasteiger partial charge in [-0.3, -0.25) is 0 Å². The van der Waals surface area contributed by atoms with E-state index in [1.54, 1.807) is 18.3 Å². The molecule has 0 aliphatic rings. The third-order valence-electron chi connectivity index (χ3n) is 0.861. The quantitative estimate of drug-likeness (QED) is 0.825. The second kappa shape index (κ2) is 3.85. The van der Waals surface area contributed by atoms with Gasteiger partial charge >= 0.3 is 0 Å². The topological polar surface area (TPSA) is 33.1 Å². The van der Waals surface area contributed by atoms with Gasteiger partial charge in [-0.15, -0.1) is 11.3 Å². The molecule has 0 saturated carbocycles. The Kier molecular flexibility index (Phi) is 3.05. The van der Waals surface area contributed by atoms with Crippen molar-refractivity contribution in [3.8, 4) is 0 Å². The average Bonchev–Trinajstić information content (AvgIpc) is 2.31. The molecule has 1 aromatic rings. The predicted octanol–water partition coefficient (Wildman–Crippen LogP) is 1.91. The molecule has 4 heteroatoms. The summed E-state index contributed by atoms with van der Waals surface area (Å²) in [6.07, 6.45) is 5.18. The maximum absolute atomic E-state index is 8.41. The van der Waals surface area contributed by atoms with E-state index in [1.165, 1.54) is 11.3 Å². The maximum atomic E-state index is 8.41. The van der Waals surface area contributed by atoms with Gasteiger partial charge in [-0.2, -0.15) is 0 Å². The highest BCUT2D eigenvalue weighted by atomic mass is 79.9. The molecule has 0 saturated heterocycles. The molecular formula is C6H6BrNOS. The summed E-state index contributed by atoms with van der Waals surface area (Å²) in [5, 5.41) is 9.32. The standard InChI is InChI=1S/C6H6BrNOS/c7-5-4-8-6(10-5)2-1-3-9/h1-2,4,9H,3H2/b2-1+. The van der Waals surface area contributed by atoms with E-state index in [0.717, 1.165) is 8.79 Å². The normalized spacial score (nSPS) is 11.0. The molecule has 0 amide bonds. The molecule has 54 valence electrons. The first kappa shape index (κ1) is 7.91. The van der Waals surface area contributed by atoms with Crippen molar-refractivity contribution in [2.45, 2.75) is 0 Å². The van der Waals surface area contributed by atoms with Gasteiger partial charge in [0.15, 0.2) is 0 Å². The average molecular weight is 220 g/mol. The first-order chi connectivity index (χ1) is 4.83. The Morgan fingerprint density at radius 1 is 1.80 bits per heavy atom. The van der Waals surface area contributed by atoms with Crippen LogP contribution in [0.15, 0.2) is 16.1 Å². The van der Waals surface area contributed by atoms with Gasteiger partial charge in [0.05, 0.1) is 16.6 Å². The number of aliphatic hydroxyl groups excluding tert-OH is 1. The highest BCUT2D eigenvalue weighted by molar-refractivity contribution is 9.11. The van der Waals surface area contributed by atoms with Crippen molar-refractivity contribution in [1.82, 2.24) is 4.98 Å². The highest BCUT2D eigenvalue weighted by Crippen LogP contribution is 2.19. The summed E-state index contributed by atoms with van der Waals surface area (Å²) in [6, 6.07) is 0. The Morgan fingerprint density at radius 2 is 2.60 bits per heavy atom. The van der Waals surface area contributed by atoms with Gasteiger partial charge in [0.25, 0.3) is 0 Å². The molecule has 0 bridgehead atoms. The number of hydrogen-bond acceptors (Lipinski definition) is 3. The van der Waals surface area contributed by atoms with Gasteiger partial charge < -0.3 is 5.11 Å². The Morgan fingerprint density at radius 3 is 3.10 bits per heavy atom. The molecule has 1 heterocycles. The van der Waals surface area contributed by atoms with Gasteiger partial charge in [-0.05, 0) is 22.0 Å². The molecule has 0 aromatic carbocycles. The summed E-state index contributed by atoms with van der Waals surface area (Å²) < 4.78 is 1.00. The van der Waals surface area contributed by atoms with E-state index in [2.05, 4.69) is 20.9 Å². The SMILES string of the molecule is OC/C=C/c1ncc(Br)s1. The number of thiazole rings is 1. The molecule has 0 atom stereocenters. The van der Waals surface area contributed by atoms with Crippen LogP contribution in [0.1, 0.15) is 5.01 Å². The van der Waals surface area contributed by atoms with Crippen molar-refractivity contribution in [2.75, 3.05) is 6.61 Å². The van der Waals surface area contributed by atoms with Crippen LogP contribution in [0.25, 0.3) is 6.08 Å². The summed E-state index contributed by atoms with van der Waals surface area (Å²) in [5.41, 5.74) is 0. The van der Waals surface area contributed by atoms with Crippen LogP contribution in [-0.2, 0) is 0 Å². The Labute approximate surface area is 71.4 Å².